The number of nitrogens with zero attached hydrogens (tertiary/aromatic N) is 3. The van der Waals surface area contributed by atoms with Gasteiger partial charge in [-0.3, -0.25) is 19.4 Å². The summed E-state index contributed by atoms with van der Waals surface area (Å²) in [6.45, 7) is 5.73. The summed E-state index contributed by atoms with van der Waals surface area (Å²) in [5, 5.41) is 17.9. The van der Waals surface area contributed by atoms with E-state index >= 15 is 0 Å². The lowest BCUT2D eigenvalue weighted by Gasteiger charge is -2.24. The third-order valence-electron chi connectivity index (χ3n) is 3.84. The zero-order valence-electron chi connectivity index (χ0n) is 13.1. The number of hydrogen-bond donors (Lipinski definition) is 3. The second-order valence-corrected chi connectivity index (χ2v) is 5.68. The highest BCUT2D eigenvalue weighted by Crippen LogP contribution is 2.02. The topological polar surface area (TPSA) is 110 Å². The maximum atomic E-state index is 10.9. The first-order valence-electron chi connectivity index (χ1n) is 7.82. The molecule has 0 aromatic carbocycles. The molecule has 8 nitrogen and oxygen atoms in total. The lowest BCUT2D eigenvalue weighted by molar-refractivity contribution is -0.140. The second-order valence-electron chi connectivity index (χ2n) is 5.68. The summed E-state index contributed by atoms with van der Waals surface area (Å²) in [7, 11) is 0. The molecule has 1 rings (SSSR count). The van der Waals surface area contributed by atoms with Crippen LogP contribution >= 0.6 is 0 Å². The van der Waals surface area contributed by atoms with Crippen molar-refractivity contribution in [1.29, 1.82) is 0 Å². The minimum absolute atomic E-state index is 0.00243. The molecule has 4 N–H and O–H groups in total. The van der Waals surface area contributed by atoms with Crippen LogP contribution in [0, 0.1) is 0 Å². The third-order valence-corrected chi connectivity index (χ3v) is 3.84. The van der Waals surface area contributed by atoms with Crippen molar-refractivity contribution in [2.24, 2.45) is 5.73 Å². The molecule has 0 unspecified atom stereocenters. The van der Waals surface area contributed by atoms with Crippen LogP contribution in [0.25, 0.3) is 0 Å². The fourth-order valence-corrected chi connectivity index (χ4v) is 2.59. The predicted octanol–water partition coefficient (Wildman–Crippen LogP) is -1.19. The number of rotatable bonds is 8. The summed E-state index contributed by atoms with van der Waals surface area (Å²) >= 11 is 0. The van der Waals surface area contributed by atoms with Crippen LogP contribution in [0.3, 0.4) is 0 Å². The zero-order valence-corrected chi connectivity index (χ0v) is 13.1. The van der Waals surface area contributed by atoms with E-state index in [0.717, 1.165) is 32.5 Å². The molecule has 128 valence electrons. The van der Waals surface area contributed by atoms with Gasteiger partial charge in [-0.1, -0.05) is 0 Å². The summed E-state index contributed by atoms with van der Waals surface area (Å²) in [4.78, 5) is 27.9. The monoisotopic (exact) mass is 316 g/mol. The van der Waals surface area contributed by atoms with Crippen LogP contribution < -0.4 is 5.73 Å². The Morgan fingerprint density at radius 2 is 1.18 bits per heavy atom. The van der Waals surface area contributed by atoms with Gasteiger partial charge in [0.15, 0.2) is 0 Å². The molecule has 0 aromatic rings. The normalized spacial score (nSPS) is 19.3. The van der Waals surface area contributed by atoms with Gasteiger partial charge in [0.1, 0.15) is 0 Å². The number of carbonyl (C=O) groups is 2. The highest BCUT2D eigenvalue weighted by Gasteiger charge is 2.18. The van der Waals surface area contributed by atoms with Gasteiger partial charge in [0, 0.05) is 39.3 Å². The standard InChI is InChI=1S/C14H28N4O4/c15-3-1-2-4-16-5-7-17(11-13(19)20)9-10-18(8-6-16)12-14(21)22/h1-12,15H2,(H,19,20)(H,21,22). The van der Waals surface area contributed by atoms with Crippen molar-refractivity contribution < 1.29 is 19.8 Å². The molecule has 0 aromatic heterocycles. The van der Waals surface area contributed by atoms with Gasteiger partial charge in [-0.2, -0.15) is 0 Å². The highest BCUT2D eigenvalue weighted by atomic mass is 16.4. The van der Waals surface area contributed by atoms with E-state index in [1.807, 2.05) is 9.80 Å². The van der Waals surface area contributed by atoms with Crippen molar-refractivity contribution in [2.45, 2.75) is 12.8 Å². The Kier molecular flexibility index (Phi) is 8.98. The van der Waals surface area contributed by atoms with Crippen molar-refractivity contribution in [3.8, 4) is 0 Å². The number of hydrogen-bond acceptors (Lipinski definition) is 6. The van der Waals surface area contributed by atoms with Crippen LogP contribution in [0.5, 0.6) is 0 Å². The van der Waals surface area contributed by atoms with Gasteiger partial charge in [-0.15, -0.1) is 0 Å². The number of unbranched alkanes of at least 4 members (excludes halogenated alkanes) is 1. The first-order valence-corrected chi connectivity index (χ1v) is 7.82. The molecule has 1 saturated heterocycles. The molecular weight excluding hydrogens is 288 g/mol. The molecule has 8 heteroatoms. The van der Waals surface area contributed by atoms with Crippen LogP contribution in [0.2, 0.25) is 0 Å². The molecule has 22 heavy (non-hydrogen) atoms. The van der Waals surface area contributed by atoms with Crippen LogP contribution in [-0.2, 0) is 9.59 Å². The van der Waals surface area contributed by atoms with Gasteiger partial charge in [0.05, 0.1) is 13.1 Å². The fraction of sp³-hybridized carbons (Fsp3) is 0.857. The summed E-state index contributed by atoms with van der Waals surface area (Å²) in [6, 6.07) is 0. The predicted molar refractivity (Wildman–Crippen MR) is 82.9 cm³/mol. The van der Waals surface area contributed by atoms with Crippen LogP contribution in [0.1, 0.15) is 12.8 Å². The summed E-state index contributed by atoms with van der Waals surface area (Å²) in [5.41, 5.74) is 5.51. The Morgan fingerprint density at radius 1 is 0.773 bits per heavy atom. The average molecular weight is 316 g/mol. The van der Waals surface area contributed by atoms with E-state index in [1.165, 1.54) is 0 Å². The van der Waals surface area contributed by atoms with Crippen LogP contribution in [0.4, 0.5) is 0 Å². The van der Waals surface area contributed by atoms with Gasteiger partial charge in [-0.25, -0.2) is 0 Å². The second kappa shape index (κ2) is 10.5. The van der Waals surface area contributed by atoms with Crippen LogP contribution in [-0.4, -0.2) is 102 Å². The summed E-state index contributed by atoms with van der Waals surface area (Å²) < 4.78 is 0. The molecule has 0 atom stereocenters. The molecule has 1 aliphatic rings. The molecule has 1 heterocycles. The van der Waals surface area contributed by atoms with Crippen molar-refractivity contribution in [2.75, 3.05) is 65.4 Å². The summed E-state index contributed by atoms with van der Waals surface area (Å²) in [5.74, 6) is -1.70. The molecule has 1 fully saturated rings. The van der Waals surface area contributed by atoms with E-state index in [4.69, 9.17) is 15.9 Å². The summed E-state index contributed by atoms with van der Waals surface area (Å²) in [6.07, 6.45) is 1.97. The molecule has 0 spiro atoms. The van der Waals surface area contributed by atoms with Gasteiger partial charge < -0.3 is 20.8 Å². The Labute approximate surface area is 131 Å². The molecule has 0 radical (unpaired) electrons. The molecule has 0 aliphatic carbocycles. The third kappa shape index (κ3) is 8.28. The molecule has 0 saturated carbocycles. The zero-order chi connectivity index (χ0) is 16.4. The number of carboxylic acids is 2. The Bertz CT molecular complexity index is 326. The van der Waals surface area contributed by atoms with E-state index in [1.54, 1.807) is 0 Å². The van der Waals surface area contributed by atoms with E-state index in [2.05, 4.69) is 4.90 Å². The number of nitrogens with two attached hydrogens (primary N) is 1. The molecule has 0 amide bonds. The minimum atomic E-state index is -0.848. The van der Waals surface area contributed by atoms with E-state index in [-0.39, 0.29) is 13.1 Å². The van der Waals surface area contributed by atoms with Gasteiger partial charge >= 0.3 is 11.9 Å². The van der Waals surface area contributed by atoms with Gasteiger partial charge in [-0.05, 0) is 25.9 Å². The van der Waals surface area contributed by atoms with Crippen LogP contribution in [0.15, 0.2) is 0 Å². The van der Waals surface area contributed by atoms with Crippen molar-refractivity contribution in [1.82, 2.24) is 14.7 Å². The quantitative estimate of drug-likeness (QED) is 0.480. The smallest absolute Gasteiger partial charge is 0.317 e. The Morgan fingerprint density at radius 3 is 1.55 bits per heavy atom. The molecule has 1 aliphatic heterocycles. The van der Waals surface area contributed by atoms with Crippen molar-refractivity contribution >= 4 is 11.9 Å². The highest BCUT2D eigenvalue weighted by molar-refractivity contribution is 5.69. The van der Waals surface area contributed by atoms with Gasteiger partial charge in [0.25, 0.3) is 0 Å². The maximum absolute atomic E-state index is 10.9. The van der Waals surface area contributed by atoms with Crippen molar-refractivity contribution in [3.05, 3.63) is 0 Å². The Hall–Kier alpha value is -1.22. The van der Waals surface area contributed by atoms with Gasteiger partial charge in [0.2, 0.25) is 0 Å². The molecular formula is C14H28N4O4. The van der Waals surface area contributed by atoms with E-state index in [9.17, 15) is 9.59 Å². The maximum Gasteiger partial charge on any atom is 0.317 e. The lowest BCUT2D eigenvalue weighted by Crippen LogP contribution is -2.40. The first kappa shape index (κ1) is 18.8. The largest absolute Gasteiger partial charge is 0.480 e. The van der Waals surface area contributed by atoms with E-state index in [0.29, 0.717) is 32.7 Å². The van der Waals surface area contributed by atoms with E-state index < -0.39 is 11.9 Å². The lowest BCUT2D eigenvalue weighted by atomic mass is 10.3. The average Bonchev–Trinajstić information content (AvgIpc) is 2.52. The fourth-order valence-electron chi connectivity index (χ4n) is 2.59. The number of aliphatic carboxylic acids is 2. The molecule has 0 bridgehead atoms. The minimum Gasteiger partial charge on any atom is -0.480 e. The van der Waals surface area contributed by atoms with Crippen molar-refractivity contribution in [3.63, 3.8) is 0 Å². The Balaban J connectivity index is 2.59. The first-order chi connectivity index (χ1) is 10.5. The SMILES string of the molecule is NCCCCN1CCN(CC(=O)O)CCN(CC(=O)O)CC1. The number of carboxylic acid groups (broad SMARTS) is 2.